The predicted molar refractivity (Wildman–Crippen MR) is 61.0 cm³/mol. The number of nitrogens with zero attached hydrogens (tertiary/aromatic N) is 1. The molecule has 0 aliphatic rings. The first kappa shape index (κ1) is 11.0. The molecule has 2 N–H and O–H groups in total. The fraction of sp³-hybridized carbons (Fsp3) is 0.583. The fourth-order valence-electron chi connectivity index (χ4n) is 1.72. The third-order valence-corrected chi connectivity index (χ3v) is 2.84. The van der Waals surface area contributed by atoms with Crippen molar-refractivity contribution in [3.8, 4) is 0 Å². The minimum absolute atomic E-state index is 0.632. The Labute approximate surface area is 86.5 Å². The highest BCUT2D eigenvalue weighted by atomic mass is 14.8. The van der Waals surface area contributed by atoms with E-state index in [1.54, 1.807) is 6.20 Å². The fourth-order valence-corrected chi connectivity index (χ4v) is 1.72. The molecule has 0 atom stereocenters. The molecule has 0 spiro atoms. The number of hydrogen-bond acceptors (Lipinski definition) is 2. The van der Waals surface area contributed by atoms with Crippen molar-refractivity contribution in [3.63, 3.8) is 0 Å². The van der Waals surface area contributed by atoms with E-state index >= 15 is 0 Å². The molecule has 0 fully saturated rings. The maximum Gasteiger partial charge on any atom is 0.123 e. The van der Waals surface area contributed by atoms with Crippen LogP contribution in [0.1, 0.15) is 38.7 Å². The standard InChI is InChI=1S/C12H20N2/c1-3-10(4-2)5-6-11-7-8-14-12(13)9-11/h7-10H,3-6H2,1-2H3,(H2,13,14). The highest BCUT2D eigenvalue weighted by Gasteiger charge is 2.03. The van der Waals surface area contributed by atoms with Gasteiger partial charge in [-0.1, -0.05) is 26.7 Å². The molecular weight excluding hydrogens is 172 g/mol. The van der Waals surface area contributed by atoms with Crippen LogP contribution in [0.4, 0.5) is 5.82 Å². The van der Waals surface area contributed by atoms with Crippen LogP contribution in [0, 0.1) is 5.92 Å². The van der Waals surface area contributed by atoms with Crippen LogP contribution in [0.5, 0.6) is 0 Å². The van der Waals surface area contributed by atoms with Gasteiger partial charge in [0.1, 0.15) is 5.82 Å². The van der Waals surface area contributed by atoms with Crippen LogP contribution in [0.2, 0.25) is 0 Å². The third-order valence-electron chi connectivity index (χ3n) is 2.84. The number of hydrogen-bond donors (Lipinski definition) is 1. The Morgan fingerprint density at radius 3 is 2.64 bits per heavy atom. The van der Waals surface area contributed by atoms with Crippen molar-refractivity contribution in [2.45, 2.75) is 39.5 Å². The second kappa shape index (κ2) is 5.63. The Morgan fingerprint density at radius 2 is 2.07 bits per heavy atom. The van der Waals surface area contributed by atoms with Gasteiger partial charge in [-0.2, -0.15) is 0 Å². The van der Waals surface area contributed by atoms with E-state index in [-0.39, 0.29) is 0 Å². The Kier molecular flexibility index (Phi) is 4.44. The van der Waals surface area contributed by atoms with E-state index < -0.39 is 0 Å². The van der Waals surface area contributed by atoms with E-state index in [1.165, 1.54) is 24.8 Å². The lowest BCUT2D eigenvalue weighted by atomic mass is 9.95. The molecule has 0 aliphatic carbocycles. The number of aryl methyl sites for hydroxylation is 1. The van der Waals surface area contributed by atoms with Crippen molar-refractivity contribution in [1.82, 2.24) is 4.98 Å². The lowest BCUT2D eigenvalue weighted by Gasteiger charge is -2.11. The summed E-state index contributed by atoms with van der Waals surface area (Å²) in [4.78, 5) is 3.99. The van der Waals surface area contributed by atoms with Crippen molar-refractivity contribution in [2.75, 3.05) is 5.73 Å². The molecule has 0 aromatic carbocycles. The molecule has 1 aromatic heterocycles. The Hall–Kier alpha value is -1.05. The second-order valence-corrected chi connectivity index (χ2v) is 3.81. The van der Waals surface area contributed by atoms with Crippen molar-refractivity contribution >= 4 is 5.82 Å². The number of anilines is 1. The predicted octanol–water partition coefficient (Wildman–Crippen LogP) is 3.03. The summed E-state index contributed by atoms with van der Waals surface area (Å²) in [6, 6.07) is 4.03. The average Bonchev–Trinajstić information content (AvgIpc) is 2.19. The minimum atomic E-state index is 0.632. The van der Waals surface area contributed by atoms with Crippen LogP contribution in [0.15, 0.2) is 18.3 Å². The molecule has 0 unspecified atom stereocenters. The lowest BCUT2D eigenvalue weighted by molar-refractivity contribution is 0.456. The van der Waals surface area contributed by atoms with Gasteiger partial charge in [-0.15, -0.1) is 0 Å². The molecule has 0 saturated carbocycles. The summed E-state index contributed by atoms with van der Waals surface area (Å²) in [5.74, 6) is 1.48. The first-order valence-electron chi connectivity index (χ1n) is 5.46. The zero-order valence-corrected chi connectivity index (χ0v) is 9.16. The minimum Gasteiger partial charge on any atom is -0.384 e. The molecule has 1 aromatic rings. The highest BCUT2D eigenvalue weighted by molar-refractivity contribution is 5.31. The van der Waals surface area contributed by atoms with Crippen LogP contribution in [0.25, 0.3) is 0 Å². The molecule has 14 heavy (non-hydrogen) atoms. The maximum absolute atomic E-state index is 5.62. The molecule has 1 heterocycles. The SMILES string of the molecule is CCC(CC)CCc1ccnc(N)c1. The van der Waals surface area contributed by atoms with E-state index in [1.807, 2.05) is 6.07 Å². The Balaban J connectivity index is 2.44. The third kappa shape index (κ3) is 3.36. The summed E-state index contributed by atoms with van der Waals surface area (Å²) < 4.78 is 0. The molecule has 2 nitrogen and oxygen atoms in total. The number of nitrogens with two attached hydrogens (primary N) is 1. The van der Waals surface area contributed by atoms with E-state index in [0.29, 0.717) is 5.82 Å². The molecule has 0 amide bonds. The largest absolute Gasteiger partial charge is 0.384 e. The zero-order chi connectivity index (χ0) is 10.4. The molecule has 0 aliphatic heterocycles. The normalized spacial score (nSPS) is 10.8. The first-order chi connectivity index (χ1) is 6.76. The molecule has 1 rings (SSSR count). The van der Waals surface area contributed by atoms with Crippen LogP contribution < -0.4 is 5.73 Å². The number of rotatable bonds is 5. The van der Waals surface area contributed by atoms with Gasteiger partial charge in [0.2, 0.25) is 0 Å². The zero-order valence-electron chi connectivity index (χ0n) is 9.16. The molecule has 2 heteroatoms. The van der Waals surface area contributed by atoms with Crippen molar-refractivity contribution in [1.29, 1.82) is 0 Å². The van der Waals surface area contributed by atoms with Gasteiger partial charge < -0.3 is 5.73 Å². The van der Waals surface area contributed by atoms with Gasteiger partial charge in [-0.25, -0.2) is 4.98 Å². The molecular formula is C12H20N2. The quantitative estimate of drug-likeness (QED) is 0.778. The van der Waals surface area contributed by atoms with E-state index in [2.05, 4.69) is 24.9 Å². The molecule has 0 saturated heterocycles. The van der Waals surface area contributed by atoms with Gasteiger partial charge in [0, 0.05) is 6.20 Å². The van der Waals surface area contributed by atoms with Crippen molar-refractivity contribution in [3.05, 3.63) is 23.9 Å². The topological polar surface area (TPSA) is 38.9 Å². The summed E-state index contributed by atoms with van der Waals surface area (Å²) in [6.07, 6.45) is 6.72. The monoisotopic (exact) mass is 192 g/mol. The summed E-state index contributed by atoms with van der Waals surface area (Å²) in [7, 11) is 0. The van der Waals surface area contributed by atoms with E-state index in [0.717, 1.165) is 12.3 Å². The van der Waals surface area contributed by atoms with Gasteiger partial charge >= 0.3 is 0 Å². The summed E-state index contributed by atoms with van der Waals surface area (Å²) in [6.45, 7) is 4.52. The smallest absolute Gasteiger partial charge is 0.123 e. The first-order valence-corrected chi connectivity index (χ1v) is 5.46. The Bertz CT molecular complexity index is 267. The molecule has 78 valence electrons. The van der Waals surface area contributed by atoms with Gasteiger partial charge in [0.25, 0.3) is 0 Å². The van der Waals surface area contributed by atoms with Gasteiger partial charge in [-0.3, -0.25) is 0 Å². The summed E-state index contributed by atoms with van der Waals surface area (Å²) in [5, 5.41) is 0. The van der Waals surface area contributed by atoms with Crippen molar-refractivity contribution < 1.29 is 0 Å². The van der Waals surface area contributed by atoms with Crippen LogP contribution >= 0.6 is 0 Å². The highest BCUT2D eigenvalue weighted by Crippen LogP contribution is 2.16. The molecule has 0 radical (unpaired) electrons. The maximum atomic E-state index is 5.62. The number of pyridine rings is 1. The number of nitrogen functional groups attached to an aromatic ring is 1. The summed E-state index contributed by atoms with van der Waals surface area (Å²) >= 11 is 0. The second-order valence-electron chi connectivity index (χ2n) is 3.81. The van der Waals surface area contributed by atoms with Crippen LogP contribution in [-0.4, -0.2) is 4.98 Å². The van der Waals surface area contributed by atoms with E-state index in [9.17, 15) is 0 Å². The number of aromatic nitrogens is 1. The molecule has 0 bridgehead atoms. The van der Waals surface area contributed by atoms with Gasteiger partial charge in [-0.05, 0) is 36.5 Å². The van der Waals surface area contributed by atoms with Crippen LogP contribution in [-0.2, 0) is 6.42 Å². The van der Waals surface area contributed by atoms with Crippen molar-refractivity contribution in [2.24, 2.45) is 5.92 Å². The lowest BCUT2D eigenvalue weighted by Crippen LogP contribution is -2.00. The van der Waals surface area contributed by atoms with Gasteiger partial charge in [0.05, 0.1) is 0 Å². The summed E-state index contributed by atoms with van der Waals surface area (Å²) in [5.41, 5.74) is 6.93. The Morgan fingerprint density at radius 1 is 1.36 bits per heavy atom. The van der Waals surface area contributed by atoms with Gasteiger partial charge in [0.15, 0.2) is 0 Å². The van der Waals surface area contributed by atoms with Crippen LogP contribution in [0.3, 0.4) is 0 Å². The van der Waals surface area contributed by atoms with E-state index in [4.69, 9.17) is 5.73 Å². The average molecular weight is 192 g/mol.